The van der Waals surface area contributed by atoms with E-state index in [0.29, 0.717) is 19.2 Å². The molecule has 0 spiro atoms. The molecule has 1 atom stereocenters. The highest BCUT2D eigenvalue weighted by Crippen LogP contribution is 2.20. The predicted molar refractivity (Wildman–Crippen MR) is 95.7 cm³/mol. The van der Waals surface area contributed by atoms with Crippen molar-refractivity contribution in [1.29, 1.82) is 0 Å². The number of amides is 1. The Morgan fingerprint density at radius 2 is 2.14 bits per heavy atom. The van der Waals surface area contributed by atoms with Crippen molar-refractivity contribution in [2.24, 2.45) is 0 Å². The molecule has 22 heavy (non-hydrogen) atoms. The molecule has 1 heterocycles. The number of nitrogens with zero attached hydrogens (tertiary/aromatic N) is 1. The monoisotopic (exact) mass is 349 g/mol. The lowest BCUT2D eigenvalue weighted by Gasteiger charge is -2.25. The third-order valence-electron chi connectivity index (χ3n) is 3.52. The standard InChI is InChI=1S/C15H23N3O2.2ClH/c1-11(2)18(3)13-6-4-5-12(9-13)17-15(19)14-10-16-7-8-20-14;;/h4-6,9,11,14,16H,7-8,10H2,1-3H3,(H,17,19);2*1H. The van der Waals surface area contributed by atoms with Crippen molar-refractivity contribution in [2.45, 2.75) is 26.0 Å². The Hall–Kier alpha value is -1.01. The molecule has 5 nitrogen and oxygen atoms in total. The second-order valence-electron chi connectivity index (χ2n) is 5.31. The summed E-state index contributed by atoms with van der Waals surface area (Å²) < 4.78 is 5.44. The van der Waals surface area contributed by atoms with E-state index in [1.54, 1.807) is 0 Å². The summed E-state index contributed by atoms with van der Waals surface area (Å²) in [5.74, 6) is -0.0958. The van der Waals surface area contributed by atoms with Crippen molar-refractivity contribution in [3.8, 4) is 0 Å². The highest BCUT2D eigenvalue weighted by molar-refractivity contribution is 5.94. The van der Waals surface area contributed by atoms with E-state index in [0.717, 1.165) is 17.9 Å². The van der Waals surface area contributed by atoms with E-state index in [1.807, 2.05) is 31.3 Å². The van der Waals surface area contributed by atoms with Gasteiger partial charge in [0.05, 0.1) is 6.61 Å². The van der Waals surface area contributed by atoms with E-state index in [1.165, 1.54) is 0 Å². The van der Waals surface area contributed by atoms with Crippen LogP contribution in [-0.2, 0) is 9.53 Å². The molecule has 1 aliphatic rings. The summed E-state index contributed by atoms with van der Waals surface area (Å²) in [6, 6.07) is 8.27. The lowest BCUT2D eigenvalue weighted by Crippen LogP contribution is -2.45. The maximum atomic E-state index is 12.1. The Bertz CT molecular complexity index is 466. The van der Waals surface area contributed by atoms with Crippen LogP contribution in [0, 0.1) is 0 Å². The topological polar surface area (TPSA) is 53.6 Å². The summed E-state index contributed by atoms with van der Waals surface area (Å²) in [7, 11) is 2.04. The zero-order chi connectivity index (χ0) is 14.5. The van der Waals surface area contributed by atoms with Crippen LogP contribution in [0.25, 0.3) is 0 Å². The minimum absolute atomic E-state index is 0. The maximum absolute atomic E-state index is 12.1. The lowest BCUT2D eigenvalue weighted by molar-refractivity contribution is -0.128. The Balaban J connectivity index is 0.00000220. The fourth-order valence-electron chi connectivity index (χ4n) is 2.06. The molecule has 1 unspecified atom stereocenters. The molecule has 0 saturated carbocycles. The Morgan fingerprint density at radius 3 is 2.73 bits per heavy atom. The van der Waals surface area contributed by atoms with Gasteiger partial charge in [-0.2, -0.15) is 0 Å². The van der Waals surface area contributed by atoms with E-state index in [9.17, 15) is 4.79 Å². The SMILES string of the molecule is CC(C)N(C)c1cccc(NC(=O)C2CNCCO2)c1.Cl.Cl. The predicted octanol–water partition coefficient (Wildman–Crippen LogP) is 2.30. The molecule has 7 heteroatoms. The average molecular weight is 350 g/mol. The highest BCUT2D eigenvalue weighted by Gasteiger charge is 2.21. The summed E-state index contributed by atoms with van der Waals surface area (Å²) in [4.78, 5) is 14.3. The fourth-order valence-corrected chi connectivity index (χ4v) is 2.06. The zero-order valence-electron chi connectivity index (χ0n) is 13.2. The molecule has 1 saturated heterocycles. The number of rotatable bonds is 4. The summed E-state index contributed by atoms with van der Waals surface area (Å²) in [6.45, 7) is 6.21. The van der Waals surface area contributed by atoms with Gasteiger partial charge in [0.2, 0.25) is 0 Å². The third kappa shape index (κ3) is 5.65. The number of halogens is 2. The van der Waals surface area contributed by atoms with E-state index in [-0.39, 0.29) is 30.7 Å². The number of nitrogens with one attached hydrogen (secondary N) is 2. The van der Waals surface area contributed by atoms with Gasteiger partial charge in [-0.05, 0) is 32.0 Å². The molecule has 0 bridgehead atoms. The van der Waals surface area contributed by atoms with E-state index < -0.39 is 6.10 Å². The Kier molecular flexibility index (Phi) is 9.44. The lowest BCUT2D eigenvalue weighted by atomic mass is 10.2. The number of hydrogen-bond acceptors (Lipinski definition) is 4. The van der Waals surface area contributed by atoms with Gasteiger partial charge >= 0.3 is 0 Å². The fraction of sp³-hybridized carbons (Fsp3) is 0.533. The highest BCUT2D eigenvalue weighted by atomic mass is 35.5. The van der Waals surface area contributed by atoms with E-state index in [4.69, 9.17) is 4.74 Å². The molecule has 1 aromatic carbocycles. The van der Waals surface area contributed by atoms with Crippen LogP contribution in [0.3, 0.4) is 0 Å². The Labute approximate surface area is 144 Å². The molecule has 2 rings (SSSR count). The van der Waals surface area contributed by atoms with E-state index in [2.05, 4.69) is 29.4 Å². The van der Waals surface area contributed by atoms with Gasteiger partial charge in [0, 0.05) is 37.6 Å². The summed E-state index contributed by atoms with van der Waals surface area (Å²) in [5, 5.41) is 6.07. The largest absolute Gasteiger partial charge is 0.372 e. The van der Waals surface area contributed by atoms with Crippen LogP contribution < -0.4 is 15.5 Å². The molecule has 1 fully saturated rings. The summed E-state index contributed by atoms with van der Waals surface area (Å²) in [6.07, 6.45) is -0.407. The first kappa shape index (κ1) is 21.0. The smallest absolute Gasteiger partial charge is 0.254 e. The van der Waals surface area contributed by atoms with Gasteiger partial charge in [0.25, 0.3) is 5.91 Å². The van der Waals surface area contributed by atoms with Gasteiger partial charge in [-0.25, -0.2) is 0 Å². The second-order valence-corrected chi connectivity index (χ2v) is 5.31. The number of anilines is 2. The van der Waals surface area contributed by atoms with Crippen LogP contribution in [0.5, 0.6) is 0 Å². The van der Waals surface area contributed by atoms with Gasteiger partial charge in [0.15, 0.2) is 0 Å². The average Bonchev–Trinajstić information content (AvgIpc) is 2.47. The maximum Gasteiger partial charge on any atom is 0.254 e. The van der Waals surface area contributed by atoms with Crippen molar-refractivity contribution < 1.29 is 9.53 Å². The molecular weight excluding hydrogens is 325 g/mol. The molecule has 2 N–H and O–H groups in total. The number of benzene rings is 1. The van der Waals surface area contributed by atoms with Crippen molar-refractivity contribution in [3.05, 3.63) is 24.3 Å². The molecule has 1 aliphatic heterocycles. The molecule has 0 radical (unpaired) electrons. The molecule has 1 amide bonds. The van der Waals surface area contributed by atoms with Gasteiger partial charge in [-0.15, -0.1) is 24.8 Å². The normalized spacial score (nSPS) is 17.2. The second kappa shape index (κ2) is 9.90. The van der Waals surface area contributed by atoms with Crippen molar-refractivity contribution in [1.82, 2.24) is 5.32 Å². The van der Waals surface area contributed by atoms with E-state index >= 15 is 0 Å². The van der Waals surface area contributed by atoms with Crippen LogP contribution in [0.4, 0.5) is 11.4 Å². The van der Waals surface area contributed by atoms with Gasteiger partial charge in [0.1, 0.15) is 6.10 Å². The summed E-state index contributed by atoms with van der Waals surface area (Å²) >= 11 is 0. The molecule has 1 aromatic rings. The number of hydrogen-bond donors (Lipinski definition) is 2. The summed E-state index contributed by atoms with van der Waals surface area (Å²) in [5.41, 5.74) is 1.88. The van der Waals surface area contributed by atoms with Gasteiger partial charge < -0.3 is 20.3 Å². The molecular formula is C15H25Cl2N3O2. The minimum atomic E-state index is -0.407. The molecule has 126 valence electrons. The first-order valence-corrected chi connectivity index (χ1v) is 7.04. The van der Waals surface area contributed by atoms with Crippen LogP contribution >= 0.6 is 24.8 Å². The Morgan fingerprint density at radius 1 is 1.41 bits per heavy atom. The molecule has 0 aliphatic carbocycles. The quantitative estimate of drug-likeness (QED) is 0.875. The minimum Gasteiger partial charge on any atom is -0.372 e. The number of carbonyl (C=O) groups is 1. The number of morpholine rings is 1. The van der Waals surface area contributed by atoms with Crippen LogP contribution in [0.15, 0.2) is 24.3 Å². The number of ether oxygens (including phenoxy) is 1. The van der Waals surface area contributed by atoms with Crippen LogP contribution in [0.1, 0.15) is 13.8 Å². The number of carbonyl (C=O) groups excluding carboxylic acids is 1. The van der Waals surface area contributed by atoms with Crippen molar-refractivity contribution in [2.75, 3.05) is 37.0 Å². The first-order chi connectivity index (χ1) is 9.58. The van der Waals surface area contributed by atoms with Gasteiger partial charge in [-0.3, -0.25) is 4.79 Å². The van der Waals surface area contributed by atoms with Crippen LogP contribution in [0.2, 0.25) is 0 Å². The third-order valence-corrected chi connectivity index (χ3v) is 3.52. The van der Waals surface area contributed by atoms with Gasteiger partial charge in [-0.1, -0.05) is 6.07 Å². The van der Waals surface area contributed by atoms with Crippen molar-refractivity contribution >= 4 is 42.1 Å². The van der Waals surface area contributed by atoms with Crippen molar-refractivity contribution in [3.63, 3.8) is 0 Å². The molecule has 0 aromatic heterocycles. The zero-order valence-corrected chi connectivity index (χ0v) is 14.8. The van der Waals surface area contributed by atoms with Crippen LogP contribution in [-0.4, -0.2) is 44.8 Å². The first-order valence-electron chi connectivity index (χ1n) is 7.04.